The van der Waals surface area contributed by atoms with Crippen LogP contribution in [0.4, 0.5) is 5.82 Å². The number of hydrogen-bond donors (Lipinski definition) is 2. The van der Waals surface area contributed by atoms with Crippen LogP contribution in [0.3, 0.4) is 0 Å². The molecule has 1 rings (SSSR count). The van der Waals surface area contributed by atoms with Crippen molar-refractivity contribution in [3.63, 3.8) is 0 Å². The van der Waals surface area contributed by atoms with Crippen LogP contribution >= 0.6 is 22.6 Å². The Hall–Kier alpha value is -0.440. The van der Waals surface area contributed by atoms with Gasteiger partial charge in [-0.3, -0.25) is 9.00 Å². The summed E-state index contributed by atoms with van der Waals surface area (Å²) in [5.41, 5.74) is -0.148. The predicted molar refractivity (Wildman–Crippen MR) is 74.2 cm³/mol. The molecule has 2 N–H and O–H groups in total. The molecule has 1 heterocycles. The van der Waals surface area contributed by atoms with Gasteiger partial charge >= 0.3 is 0 Å². The highest BCUT2D eigenvalue weighted by Crippen LogP contribution is 2.09. The zero-order valence-electron chi connectivity index (χ0n) is 9.12. The summed E-state index contributed by atoms with van der Waals surface area (Å²) in [5, 5.41) is 3.21. The van der Waals surface area contributed by atoms with Crippen molar-refractivity contribution in [1.29, 1.82) is 0 Å². The van der Waals surface area contributed by atoms with Crippen molar-refractivity contribution in [1.82, 2.24) is 9.97 Å². The quantitative estimate of drug-likeness (QED) is 0.771. The molecule has 16 heavy (non-hydrogen) atoms. The minimum absolute atomic E-state index is 0.146. The van der Waals surface area contributed by atoms with Gasteiger partial charge in [-0.05, 0) is 29.0 Å². The summed E-state index contributed by atoms with van der Waals surface area (Å²) in [5.74, 6) is 0.582. The Bertz CT molecular complexity index is 435. The minimum Gasteiger partial charge on any atom is -0.369 e. The van der Waals surface area contributed by atoms with Crippen molar-refractivity contribution in [2.75, 3.05) is 18.1 Å². The van der Waals surface area contributed by atoms with Crippen molar-refractivity contribution < 1.29 is 4.21 Å². The van der Waals surface area contributed by atoms with Crippen molar-refractivity contribution in [2.45, 2.75) is 18.6 Å². The summed E-state index contributed by atoms with van der Waals surface area (Å²) in [7, 11) is -0.808. The van der Waals surface area contributed by atoms with Crippen LogP contribution in [0, 0.1) is 3.57 Å². The highest BCUT2D eigenvalue weighted by molar-refractivity contribution is 14.1. The van der Waals surface area contributed by atoms with E-state index in [1.54, 1.807) is 6.26 Å². The molecule has 0 fully saturated rings. The van der Waals surface area contributed by atoms with E-state index in [4.69, 9.17) is 0 Å². The van der Waals surface area contributed by atoms with Crippen molar-refractivity contribution in [3.05, 3.63) is 20.3 Å². The van der Waals surface area contributed by atoms with Gasteiger partial charge in [-0.2, -0.15) is 0 Å². The smallest absolute Gasteiger partial charge is 0.266 e. The van der Waals surface area contributed by atoms with E-state index in [0.717, 1.165) is 6.42 Å². The SMILES string of the molecule is CC(CCNc1nc[nH]c(=O)c1I)S(C)=O. The molecule has 0 aliphatic carbocycles. The molecule has 0 amide bonds. The third-order valence-electron chi connectivity index (χ3n) is 2.21. The van der Waals surface area contributed by atoms with E-state index in [0.29, 0.717) is 15.9 Å². The van der Waals surface area contributed by atoms with E-state index >= 15 is 0 Å². The molecular weight excluding hydrogens is 341 g/mol. The first kappa shape index (κ1) is 13.6. The largest absolute Gasteiger partial charge is 0.369 e. The van der Waals surface area contributed by atoms with Gasteiger partial charge in [0.15, 0.2) is 0 Å². The molecule has 1 aromatic rings. The third kappa shape index (κ3) is 3.85. The lowest BCUT2D eigenvalue weighted by atomic mass is 10.3. The van der Waals surface area contributed by atoms with Crippen LogP contribution in [0.5, 0.6) is 0 Å². The standard InChI is InChI=1S/C9H14IN3O2S/c1-6(16(2)15)3-4-11-8-7(10)9(14)13-5-12-8/h5-6H,3-4H2,1-2H3,(H2,11,12,13,14). The Morgan fingerprint density at radius 1 is 1.69 bits per heavy atom. The second-order valence-electron chi connectivity index (χ2n) is 3.42. The van der Waals surface area contributed by atoms with Gasteiger partial charge in [-0.25, -0.2) is 4.98 Å². The number of nitrogens with one attached hydrogen (secondary N) is 2. The Morgan fingerprint density at radius 2 is 2.38 bits per heavy atom. The molecule has 0 spiro atoms. The molecule has 1 aromatic heterocycles. The monoisotopic (exact) mass is 355 g/mol. The number of aromatic nitrogens is 2. The predicted octanol–water partition coefficient (Wildman–Crippen LogP) is 0.944. The van der Waals surface area contributed by atoms with Crippen molar-refractivity contribution >= 4 is 39.2 Å². The maximum Gasteiger partial charge on any atom is 0.266 e. The zero-order chi connectivity index (χ0) is 12.1. The fourth-order valence-electron chi connectivity index (χ4n) is 1.07. The summed E-state index contributed by atoms with van der Waals surface area (Å²) < 4.78 is 11.7. The van der Waals surface area contributed by atoms with E-state index in [9.17, 15) is 9.00 Å². The first-order valence-electron chi connectivity index (χ1n) is 4.81. The third-order valence-corrected chi connectivity index (χ3v) is 4.58. The van der Waals surface area contributed by atoms with Gasteiger partial charge < -0.3 is 10.3 Å². The molecular formula is C9H14IN3O2S. The van der Waals surface area contributed by atoms with E-state index in [1.165, 1.54) is 6.33 Å². The van der Waals surface area contributed by atoms with Crippen molar-refractivity contribution in [3.8, 4) is 0 Å². The molecule has 2 atom stereocenters. The summed E-state index contributed by atoms with van der Waals surface area (Å²) in [6, 6.07) is 0. The van der Waals surface area contributed by atoms with Crippen LogP contribution in [-0.4, -0.2) is 32.2 Å². The van der Waals surface area contributed by atoms with Gasteiger partial charge in [-0.15, -0.1) is 0 Å². The highest BCUT2D eigenvalue weighted by atomic mass is 127. The molecule has 2 unspecified atom stereocenters. The maximum atomic E-state index is 11.3. The molecule has 0 saturated heterocycles. The summed E-state index contributed by atoms with van der Waals surface area (Å²) in [4.78, 5) is 17.8. The molecule has 0 aromatic carbocycles. The summed E-state index contributed by atoms with van der Waals surface area (Å²) >= 11 is 1.95. The van der Waals surface area contributed by atoms with Crippen LogP contribution in [0.2, 0.25) is 0 Å². The lowest BCUT2D eigenvalue weighted by molar-refractivity contribution is 0.672. The fraction of sp³-hybridized carbons (Fsp3) is 0.556. The summed E-state index contributed by atoms with van der Waals surface area (Å²) in [6.07, 6.45) is 3.85. The second kappa shape index (κ2) is 6.33. The Labute approximate surface area is 110 Å². The Morgan fingerprint density at radius 3 is 3.00 bits per heavy atom. The van der Waals surface area contributed by atoms with E-state index < -0.39 is 10.8 Å². The van der Waals surface area contributed by atoms with E-state index in [1.807, 2.05) is 29.5 Å². The lowest BCUT2D eigenvalue weighted by Gasteiger charge is -2.10. The number of halogens is 1. The fourth-order valence-corrected chi connectivity index (χ4v) is 2.00. The molecule has 0 bridgehead atoms. The zero-order valence-corrected chi connectivity index (χ0v) is 12.1. The molecule has 0 saturated carbocycles. The van der Waals surface area contributed by atoms with Crippen LogP contribution in [0.25, 0.3) is 0 Å². The highest BCUT2D eigenvalue weighted by Gasteiger charge is 2.07. The number of nitrogens with zero attached hydrogens (tertiary/aromatic N) is 1. The molecule has 5 nitrogen and oxygen atoms in total. The van der Waals surface area contributed by atoms with Gasteiger partial charge in [0, 0.05) is 28.9 Å². The van der Waals surface area contributed by atoms with Gasteiger partial charge in [0.05, 0.1) is 6.33 Å². The average Bonchev–Trinajstić information content (AvgIpc) is 2.24. The first-order valence-corrected chi connectivity index (χ1v) is 7.51. The number of anilines is 1. The second-order valence-corrected chi connectivity index (χ2v) is 6.30. The van der Waals surface area contributed by atoms with E-state index in [2.05, 4.69) is 15.3 Å². The number of rotatable bonds is 5. The maximum absolute atomic E-state index is 11.3. The minimum atomic E-state index is -0.808. The van der Waals surface area contributed by atoms with Gasteiger partial charge in [0.1, 0.15) is 9.39 Å². The lowest BCUT2D eigenvalue weighted by Crippen LogP contribution is -2.18. The average molecular weight is 355 g/mol. The molecule has 90 valence electrons. The van der Waals surface area contributed by atoms with Crippen LogP contribution < -0.4 is 10.9 Å². The number of hydrogen-bond acceptors (Lipinski definition) is 4. The molecule has 0 aliphatic heterocycles. The number of aromatic amines is 1. The van der Waals surface area contributed by atoms with Gasteiger partial charge in [0.25, 0.3) is 5.56 Å². The van der Waals surface area contributed by atoms with Crippen LogP contribution in [0.1, 0.15) is 13.3 Å². The van der Waals surface area contributed by atoms with Gasteiger partial charge in [-0.1, -0.05) is 6.92 Å². The Kier molecular flexibility index (Phi) is 5.39. The first-order chi connectivity index (χ1) is 7.52. The van der Waals surface area contributed by atoms with Gasteiger partial charge in [0.2, 0.25) is 0 Å². The van der Waals surface area contributed by atoms with Crippen LogP contribution in [0.15, 0.2) is 11.1 Å². The molecule has 7 heteroatoms. The van der Waals surface area contributed by atoms with Crippen LogP contribution in [-0.2, 0) is 10.8 Å². The van der Waals surface area contributed by atoms with Crippen molar-refractivity contribution in [2.24, 2.45) is 0 Å². The normalized spacial score (nSPS) is 14.4. The topological polar surface area (TPSA) is 74.8 Å². The number of H-pyrrole nitrogens is 1. The molecule has 0 aliphatic rings. The molecule has 0 radical (unpaired) electrons. The summed E-state index contributed by atoms with van der Waals surface area (Å²) in [6.45, 7) is 2.60. The van der Waals surface area contributed by atoms with E-state index in [-0.39, 0.29) is 10.8 Å². The Balaban J connectivity index is 2.53.